The van der Waals surface area contributed by atoms with Crippen LogP contribution < -0.4 is 15.4 Å². The first kappa shape index (κ1) is 22.1. The summed E-state index contributed by atoms with van der Waals surface area (Å²) in [6.45, 7) is 3.49. The Morgan fingerprint density at radius 2 is 1.39 bits per heavy atom. The van der Waals surface area contributed by atoms with E-state index in [1.165, 1.54) is 6.92 Å². The van der Waals surface area contributed by atoms with Crippen molar-refractivity contribution in [2.45, 2.75) is 32.4 Å². The van der Waals surface area contributed by atoms with E-state index in [9.17, 15) is 9.59 Å². The standard InChI is InChI=1S/C26H28N2O3/c1-18-9-11-22(12-10-18)26(21-7-5-4-6-8-21)28-25(30)17-24(27-19(2)29)20-13-15-23(31-3)16-14-20/h4-16,24,26H,17H2,1-3H3,(H,27,29)(H,28,30). The molecule has 160 valence electrons. The second-order valence-electron chi connectivity index (χ2n) is 7.55. The lowest BCUT2D eigenvalue weighted by atomic mass is 9.97. The fraction of sp³-hybridized carbons (Fsp3) is 0.231. The minimum Gasteiger partial charge on any atom is -0.497 e. The quantitative estimate of drug-likeness (QED) is 0.569. The minimum absolute atomic E-state index is 0.126. The maximum atomic E-state index is 13.1. The van der Waals surface area contributed by atoms with Gasteiger partial charge in [0, 0.05) is 6.92 Å². The molecule has 0 fully saturated rings. The third kappa shape index (κ3) is 6.19. The Kier molecular flexibility index (Phi) is 7.44. The van der Waals surface area contributed by atoms with E-state index in [2.05, 4.69) is 10.6 Å². The smallest absolute Gasteiger partial charge is 0.223 e. The molecule has 3 aromatic rings. The normalized spacial score (nSPS) is 12.5. The molecule has 5 heteroatoms. The summed E-state index contributed by atoms with van der Waals surface area (Å²) >= 11 is 0. The molecule has 2 unspecified atom stereocenters. The molecule has 31 heavy (non-hydrogen) atoms. The van der Waals surface area contributed by atoms with Gasteiger partial charge in [-0.3, -0.25) is 9.59 Å². The van der Waals surface area contributed by atoms with Crippen LogP contribution >= 0.6 is 0 Å². The highest BCUT2D eigenvalue weighted by atomic mass is 16.5. The predicted octanol–water partition coefficient (Wildman–Crippen LogP) is 4.48. The number of hydrogen-bond donors (Lipinski definition) is 2. The Morgan fingerprint density at radius 1 is 0.806 bits per heavy atom. The molecule has 0 aliphatic heterocycles. The largest absolute Gasteiger partial charge is 0.497 e. The molecule has 2 atom stereocenters. The predicted molar refractivity (Wildman–Crippen MR) is 122 cm³/mol. The van der Waals surface area contributed by atoms with E-state index in [0.717, 1.165) is 28.0 Å². The number of rotatable bonds is 8. The van der Waals surface area contributed by atoms with E-state index in [1.807, 2.05) is 85.8 Å². The first-order valence-electron chi connectivity index (χ1n) is 10.3. The summed E-state index contributed by atoms with van der Waals surface area (Å²) < 4.78 is 5.20. The topological polar surface area (TPSA) is 67.4 Å². The average molecular weight is 417 g/mol. The van der Waals surface area contributed by atoms with Crippen molar-refractivity contribution in [2.75, 3.05) is 7.11 Å². The highest BCUT2D eigenvalue weighted by Crippen LogP contribution is 2.25. The summed E-state index contributed by atoms with van der Waals surface area (Å²) in [6.07, 6.45) is 0.126. The van der Waals surface area contributed by atoms with Crippen molar-refractivity contribution in [3.05, 3.63) is 101 Å². The molecule has 0 bridgehead atoms. The monoisotopic (exact) mass is 416 g/mol. The van der Waals surface area contributed by atoms with E-state index in [-0.39, 0.29) is 24.3 Å². The number of hydrogen-bond acceptors (Lipinski definition) is 3. The molecule has 3 aromatic carbocycles. The van der Waals surface area contributed by atoms with Gasteiger partial charge in [-0.1, -0.05) is 72.3 Å². The van der Waals surface area contributed by atoms with Gasteiger partial charge in [0.05, 0.1) is 25.6 Å². The Balaban J connectivity index is 1.81. The lowest BCUT2D eigenvalue weighted by Gasteiger charge is -2.23. The molecule has 2 amide bonds. The third-order valence-corrected chi connectivity index (χ3v) is 5.13. The van der Waals surface area contributed by atoms with E-state index < -0.39 is 6.04 Å². The van der Waals surface area contributed by atoms with Gasteiger partial charge in [-0.05, 0) is 35.7 Å². The van der Waals surface area contributed by atoms with Crippen LogP contribution in [0.5, 0.6) is 5.75 Å². The summed E-state index contributed by atoms with van der Waals surface area (Å²) in [5.41, 5.74) is 4.01. The summed E-state index contributed by atoms with van der Waals surface area (Å²) in [6, 6.07) is 24.7. The van der Waals surface area contributed by atoms with E-state index >= 15 is 0 Å². The SMILES string of the molecule is COc1ccc(C(CC(=O)NC(c2ccccc2)c2ccc(C)cc2)NC(C)=O)cc1. The van der Waals surface area contributed by atoms with Crippen LogP contribution in [0.3, 0.4) is 0 Å². The Morgan fingerprint density at radius 3 is 1.97 bits per heavy atom. The summed E-state index contributed by atoms with van der Waals surface area (Å²) in [5.74, 6) is 0.383. The number of carbonyl (C=O) groups is 2. The zero-order chi connectivity index (χ0) is 22.2. The maximum absolute atomic E-state index is 13.1. The van der Waals surface area contributed by atoms with Gasteiger partial charge in [-0.15, -0.1) is 0 Å². The zero-order valence-electron chi connectivity index (χ0n) is 18.1. The summed E-state index contributed by atoms with van der Waals surface area (Å²) in [4.78, 5) is 24.8. The summed E-state index contributed by atoms with van der Waals surface area (Å²) in [7, 11) is 1.60. The molecule has 0 saturated carbocycles. The molecule has 0 radical (unpaired) electrons. The van der Waals surface area contributed by atoms with Crippen LogP contribution in [0.2, 0.25) is 0 Å². The highest BCUT2D eigenvalue weighted by molar-refractivity contribution is 5.80. The van der Waals surface area contributed by atoms with Crippen molar-refractivity contribution in [2.24, 2.45) is 0 Å². The number of aryl methyl sites for hydroxylation is 1. The Labute approximate surface area is 183 Å². The number of nitrogens with one attached hydrogen (secondary N) is 2. The molecular weight excluding hydrogens is 388 g/mol. The number of benzene rings is 3. The molecule has 0 heterocycles. The molecule has 3 rings (SSSR count). The number of methoxy groups -OCH3 is 1. The van der Waals surface area contributed by atoms with Crippen molar-refractivity contribution >= 4 is 11.8 Å². The minimum atomic E-state index is -0.433. The van der Waals surface area contributed by atoms with Crippen LogP contribution in [0, 0.1) is 6.92 Å². The lowest BCUT2D eigenvalue weighted by Crippen LogP contribution is -2.34. The second kappa shape index (κ2) is 10.4. The van der Waals surface area contributed by atoms with Crippen molar-refractivity contribution < 1.29 is 14.3 Å². The Bertz CT molecular complexity index is 999. The zero-order valence-corrected chi connectivity index (χ0v) is 18.1. The number of ether oxygens (including phenoxy) is 1. The van der Waals surface area contributed by atoms with E-state index in [1.54, 1.807) is 7.11 Å². The van der Waals surface area contributed by atoms with Crippen LogP contribution in [-0.4, -0.2) is 18.9 Å². The number of carbonyl (C=O) groups excluding carboxylic acids is 2. The third-order valence-electron chi connectivity index (χ3n) is 5.13. The second-order valence-corrected chi connectivity index (χ2v) is 7.55. The van der Waals surface area contributed by atoms with Gasteiger partial charge in [-0.25, -0.2) is 0 Å². The van der Waals surface area contributed by atoms with Gasteiger partial charge >= 0.3 is 0 Å². The van der Waals surface area contributed by atoms with Gasteiger partial charge in [0.25, 0.3) is 0 Å². The van der Waals surface area contributed by atoms with E-state index in [4.69, 9.17) is 4.74 Å². The number of amides is 2. The molecule has 0 saturated heterocycles. The fourth-order valence-corrected chi connectivity index (χ4v) is 3.50. The molecule has 0 spiro atoms. The molecule has 0 aromatic heterocycles. The highest BCUT2D eigenvalue weighted by Gasteiger charge is 2.21. The first-order valence-corrected chi connectivity index (χ1v) is 10.3. The van der Waals surface area contributed by atoms with Crippen LogP contribution in [0.1, 0.15) is 47.7 Å². The van der Waals surface area contributed by atoms with Gasteiger partial charge < -0.3 is 15.4 Å². The van der Waals surface area contributed by atoms with Crippen LogP contribution in [0.4, 0.5) is 0 Å². The van der Waals surface area contributed by atoms with Gasteiger partial charge in [0.15, 0.2) is 0 Å². The van der Waals surface area contributed by atoms with Crippen molar-refractivity contribution in [3.8, 4) is 5.75 Å². The van der Waals surface area contributed by atoms with Crippen molar-refractivity contribution in [1.29, 1.82) is 0 Å². The van der Waals surface area contributed by atoms with Crippen LogP contribution in [0.25, 0.3) is 0 Å². The molecule has 2 N–H and O–H groups in total. The molecular formula is C26H28N2O3. The van der Waals surface area contributed by atoms with Gasteiger partial charge in [0.1, 0.15) is 5.75 Å². The van der Waals surface area contributed by atoms with Crippen molar-refractivity contribution in [1.82, 2.24) is 10.6 Å². The first-order chi connectivity index (χ1) is 15.0. The van der Waals surface area contributed by atoms with Crippen molar-refractivity contribution in [3.63, 3.8) is 0 Å². The molecule has 0 aliphatic carbocycles. The van der Waals surface area contributed by atoms with Crippen LogP contribution in [0.15, 0.2) is 78.9 Å². The van der Waals surface area contributed by atoms with Gasteiger partial charge in [0.2, 0.25) is 11.8 Å². The van der Waals surface area contributed by atoms with Gasteiger partial charge in [-0.2, -0.15) is 0 Å². The average Bonchev–Trinajstić information content (AvgIpc) is 2.78. The van der Waals surface area contributed by atoms with E-state index in [0.29, 0.717) is 0 Å². The fourth-order valence-electron chi connectivity index (χ4n) is 3.50. The molecule has 5 nitrogen and oxygen atoms in total. The summed E-state index contributed by atoms with van der Waals surface area (Å²) in [5, 5.41) is 6.03. The lowest BCUT2D eigenvalue weighted by molar-refractivity contribution is -0.123. The maximum Gasteiger partial charge on any atom is 0.223 e. The van der Waals surface area contributed by atoms with Crippen LogP contribution in [-0.2, 0) is 9.59 Å². The Hall–Kier alpha value is -3.60. The molecule has 0 aliphatic rings.